The van der Waals surface area contributed by atoms with E-state index >= 15 is 0 Å². The molecular weight excluding hydrogens is 218 g/mol. The van der Waals surface area contributed by atoms with Crippen molar-refractivity contribution in [1.29, 1.82) is 0 Å². The molecular formula is C9H12F2N4O. The van der Waals surface area contributed by atoms with Gasteiger partial charge in [0.1, 0.15) is 5.82 Å². The molecule has 1 rings (SSSR count). The van der Waals surface area contributed by atoms with E-state index in [1.165, 1.54) is 24.2 Å². The van der Waals surface area contributed by atoms with Gasteiger partial charge < -0.3 is 16.4 Å². The molecule has 0 spiro atoms. The van der Waals surface area contributed by atoms with E-state index in [9.17, 15) is 13.6 Å². The van der Waals surface area contributed by atoms with E-state index in [-0.39, 0.29) is 17.1 Å². The molecule has 1 amide bonds. The molecule has 4 N–H and O–H groups in total. The number of anilines is 2. The van der Waals surface area contributed by atoms with Gasteiger partial charge in [-0.05, 0) is 6.07 Å². The number of carbonyl (C=O) groups is 1. The Kier molecular flexibility index (Phi) is 3.60. The van der Waals surface area contributed by atoms with E-state index in [2.05, 4.69) is 4.98 Å². The minimum atomic E-state index is -2.48. The van der Waals surface area contributed by atoms with Crippen LogP contribution in [0.15, 0.2) is 12.3 Å². The number of aromatic nitrogens is 1. The third-order valence-electron chi connectivity index (χ3n) is 1.99. The molecule has 0 aliphatic heterocycles. The number of primary amides is 1. The van der Waals surface area contributed by atoms with E-state index in [0.717, 1.165) is 0 Å². The average Bonchev–Trinajstić information content (AvgIpc) is 2.16. The number of amides is 1. The van der Waals surface area contributed by atoms with E-state index < -0.39 is 18.9 Å². The van der Waals surface area contributed by atoms with Crippen molar-refractivity contribution in [2.24, 2.45) is 5.73 Å². The van der Waals surface area contributed by atoms with Crippen LogP contribution in [0.25, 0.3) is 0 Å². The maximum Gasteiger partial charge on any atom is 0.255 e. The Morgan fingerprint density at radius 3 is 2.75 bits per heavy atom. The quantitative estimate of drug-likeness (QED) is 0.787. The molecule has 88 valence electrons. The van der Waals surface area contributed by atoms with Gasteiger partial charge >= 0.3 is 0 Å². The Labute approximate surface area is 91.0 Å². The summed E-state index contributed by atoms with van der Waals surface area (Å²) in [7, 11) is 1.44. The molecule has 0 radical (unpaired) electrons. The number of pyridine rings is 1. The number of nitrogen functional groups attached to an aromatic ring is 1. The van der Waals surface area contributed by atoms with Crippen molar-refractivity contribution >= 4 is 17.4 Å². The van der Waals surface area contributed by atoms with Gasteiger partial charge in [-0.1, -0.05) is 0 Å². The number of alkyl halides is 2. The van der Waals surface area contributed by atoms with Gasteiger partial charge in [0, 0.05) is 7.05 Å². The molecule has 1 aromatic rings. The van der Waals surface area contributed by atoms with Crippen LogP contribution in [0.3, 0.4) is 0 Å². The molecule has 0 bridgehead atoms. The second kappa shape index (κ2) is 4.73. The van der Waals surface area contributed by atoms with Gasteiger partial charge in [0.15, 0.2) is 0 Å². The predicted molar refractivity (Wildman–Crippen MR) is 56.4 cm³/mol. The van der Waals surface area contributed by atoms with Crippen LogP contribution >= 0.6 is 0 Å². The third-order valence-corrected chi connectivity index (χ3v) is 1.99. The molecule has 5 nitrogen and oxygen atoms in total. The lowest BCUT2D eigenvalue weighted by molar-refractivity contribution is 0.100. The summed E-state index contributed by atoms with van der Waals surface area (Å²) in [5.41, 5.74) is 10.7. The van der Waals surface area contributed by atoms with Crippen molar-refractivity contribution in [3.63, 3.8) is 0 Å². The summed E-state index contributed by atoms with van der Waals surface area (Å²) >= 11 is 0. The second-order valence-electron chi connectivity index (χ2n) is 3.27. The predicted octanol–water partition coefficient (Wildman–Crippen LogP) is 0.464. The Bertz CT molecular complexity index is 397. The van der Waals surface area contributed by atoms with Crippen molar-refractivity contribution in [2.45, 2.75) is 6.43 Å². The number of nitrogens with two attached hydrogens (primary N) is 2. The fourth-order valence-corrected chi connectivity index (χ4v) is 1.18. The molecule has 0 aromatic carbocycles. The first-order valence-electron chi connectivity index (χ1n) is 4.46. The first kappa shape index (κ1) is 12.2. The molecule has 0 fully saturated rings. The molecule has 16 heavy (non-hydrogen) atoms. The van der Waals surface area contributed by atoms with Gasteiger partial charge in [0.2, 0.25) is 0 Å². The van der Waals surface area contributed by atoms with Gasteiger partial charge in [-0.15, -0.1) is 0 Å². The van der Waals surface area contributed by atoms with Crippen LogP contribution in [0, 0.1) is 0 Å². The Hall–Kier alpha value is -1.92. The lowest BCUT2D eigenvalue weighted by Crippen LogP contribution is -2.25. The summed E-state index contributed by atoms with van der Waals surface area (Å²) in [6, 6.07) is 1.29. The monoisotopic (exact) mass is 230 g/mol. The Morgan fingerprint density at radius 1 is 1.62 bits per heavy atom. The fourth-order valence-electron chi connectivity index (χ4n) is 1.18. The highest BCUT2D eigenvalue weighted by molar-refractivity contribution is 5.98. The normalized spacial score (nSPS) is 10.5. The van der Waals surface area contributed by atoms with Gasteiger partial charge in [-0.2, -0.15) is 0 Å². The summed E-state index contributed by atoms with van der Waals surface area (Å²) in [6.07, 6.45) is -1.27. The minimum absolute atomic E-state index is 0.0751. The molecule has 0 saturated carbocycles. The van der Waals surface area contributed by atoms with Crippen LogP contribution in [-0.4, -0.2) is 30.9 Å². The summed E-state index contributed by atoms with van der Waals surface area (Å²) < 4.78 is 24.2. The first-order chi connectivity index (χ1) is 7.41. The van der Waals surface area contributed by atoms with E-state index in [4.69, 9.17) is 11.5 Å². The number of hydrogen-bond acceptors (Lipinski definition) is 4. The Balaban J connectivity index is 2.98. The SMILES string of the molecule is CN(CC(F)F)c1cc(C(N)=O)c(N)cn1. The fraction of sp³-hybridized carbons (Fsp3) is 0.333. The highest BCUT2D eigenvalue weighted by Crippen LogP contribution is 2.17. The molecule has 0 aliphatic carbocycles. The van der Waals surface area contributed by atoms with Crippen LogP contribution in [0.1, 0.15) is 10.4 Å². The summed E-state index contributed by atoms with van der Waals surface area (Å²) in [5, 5.41) is 0. The van der Waals surface area contributed by atoms with Crippen LogP contribution in [0.4, 0.5) is 20.3 Å². The maximum atomic E-state index is 12.1. The highest BCUT2D eigenvalue weighted by Gasteiger charge is 2.13. The number of rotatable bonds is 4. The zero-order chi connectivity index (χ0) is 12.3. The van der Waals surface area contributed by atoms with Gasteiger partial charge in [0.05, 0.1) is 24.0 Å². The first-order valence-corrected chi connectivity index (χ1v) is 4.46. The average molecular weight is 230 g/mol. The lowest BCUT2D eigenvalue weighted by atomic mass is 10.2. The zero-order valence-corrected chi connectivity index (χ0v) is 8.65. The van der Waals surface area contributed by atoms with Gasteiger partial charge in [0.25, 0.3) is 12.3 Å². The van der Waals surface area contributed by atoms with E-state index in [0.29, 0.717) is 0 Å². The van der Waals surface area contributed by atoms with E-state index in [1.54, 1.807) is 0 Å². The molecule has 7 heteroatoms. The number of nitrogens with zero attached hydrogens (tertiary/aromatic N) is 2. The molecule has 0 atom stereocenters. The van der Waals surface area contributed by atoms with Crippen LogP contribution in [-0.2, 0) is 0 Å². The topological polar surface area (TPSA) is 85.2 Å². The van der Waals surface area contributed by atoms with Crippen molar-refractivity contribution in [3.8, 4) is 0 Å². The van der Waals surface area contributed by atoms with Gasteiger partial charge in [-0.3, -0.25) is 4.79 Å². The molecule has 1 aromatic heterocycles. The number of hydrogen-bond donors (Lipinski definition) is 2. The molecule has 0 saturated heterocycles. The van der Waals surface area contributed by atoms with Crippen LogP contribution in [0.2, 0.25) is 0 Å². The maximum absolute atomic E-state index is 12.1. The second-order valence-corrected chi connectivity index (χ2v) is 3.27. The standard InChI is InChI=1S/C9H12F2N4O/c1-15(4-7(10)11)8-2-5(9(13)16)6(12)3-14-8/h2-3,7H,4,12H2,1H3,(H2,13,16). The molecule has 0 unspecified atom stereocenters. The largest absolute Gasteiger partial charge is 0.397 e. The molecule has 1 heterocycles. The third kappa shape index (κ3) is 2.78. The summed E-state index contributed by atoms with van der Waals surface area (Å²) in [4.78, 5) is 16.0. The van der Waals surface area contributed by atoms with Crippen molar-refractivity contribution in [3.05, 3.63) is 17.8 Å². The summed E-state index contributed by atoms with van der Waals surface area (Å²) in [6.45, 7) is -0.477. The van der Waals surface area contributed by atoms with Crippen molar-refractivity contribution in [2.75, 3.05) is 24.2 Å². The van der Waals surface area contributed by atoms with E-state index in [1.807, 2.05) is 0 Å². The molecule has 0 aliphatic rings. The van der Waals surface area contributed by atoms with Crippen LogP contribution in [0.5, 0.6) is 0 Å². The zero-order valence-electron chi connectivity index (χ0n) is 8.65. The van der Waals surface area contributed by atoms with Crippen molar-refractivity contribution < 1.29 is 13.6 Å². The Morgan fingerprint density at radius 2 is 2.25 bits per heavy atom. The van der Waals surface area contributed by atoms with Gasteiger partial charge in [-0.25, -0.2) is 13.8 Å². The minimum Gasteiger partial charge on any atom is -0.397 e. The summed E-state index contributed by atoms with van der Waals surface area (Å²) in [5.74, 6) is -0.491. The van der Waals surface area contributed by atoms with Crippen LogP contribution < -0.4 is 16.4 Å². The lowest BCUT2D eigenvalue weighted by Gasteiger charge is -2.18. The smallest absolute Gasteiger partial charge is 0.255 e. The number of carbonyl (C=O) groups excluding carboxylic acids is 1. The highest BCUT2D eigenvalue weighted by atomic mass is 19.3. The van der Waals surface area contributed by atoms with Crippen molar-refractivity contribution in [1.82, 2.24) is 4.98 Å². The number of halogens is 2.